The summed E-state index contributed by atoms with van der Waals surface area (Å²) in [5, 5.41) is 0. The molecule has 16 heavy (non-hydrogen) atoms. The lowest BCUT2D eigenvalue weighted by Crippen LogP contribution is -2.04. The molecule has 0 amide bonds. The highest BCUT2D eigenvalue weighted by Gasteiger charge is 2.30. The fourth-order valence-corrected chi connectivity index (χ4v) is 1.87. The quantitative estimate of drug-likeness (QED) is 0.724. The summed E-state index contributed by atoms with van der Waals surface area (Å²) in [7, 11) is 0. The minimum absolute atomic E-state index is 0.453. The smallest absolute Gasteiger partial charge is 0.272 e. The Labute approximate surface area is 104 Å². The molecule has 2 aromatic rings. The van der Waals surface area contributed by atoms with E-state index in [4.69, 9.17) is 0 Å². The molecule has 1 aromatic heterocycles. The van der Waals surface area contributed by atoms with E-state index in [1.807, 2.05) is 22.9 Å². The van der Waals surface area contributed by atoms with Crippen LogP contribution in [0.2, 0.25) is 0 Å². The van der Waals surface area contributed by atoms with Crippen molar-refractivity contribution in [3.05, 3.63) is 42.2 Å². The molecule has 1 aromatic carbocycles. The maximum Gasteiger partial charge on any atom is 0.416 e. The van der Waals surface area contributed by atoms with Gasteiger partial charge in [-0.2, -0.15) is 13.2 Å². The molecule has 0 radical (unpaired) electrons. The number of halogens is 4. The standard InChI is InChI=1S/C10H6F3IN2/c11-10(12,13)8-3-1-2-7(6-8)9-15-4-5-16(9)14/h1-6H. The summed E-state index contributed by atoms with van der Waals surface area (Å²) >= 11 is 1.96. The molecule has 84 valence electrons. The van der Waals surface area contributed by atoms with Crippen LogP contribution in [0.25, 0.3) is 11.4 Å². The van der Waals surface area contributed by atoms with Gasteiger partial charge in [0.15, 0.2) is 0 Å². The zero-order chi connectivity index (χ0) is 11.8. The van der Waals surface area contributed by atoms with Crippen molar-refractivity contribution >= 4 is 22.9 Å². The highest BCUT2D eigenvalue weighted by molar-refractivity contribution is 14.1. The Hall–Kier alpha value is -1.05. The second kappa shape index (κ2) is 4.08. The normalized spacial score (nSPS) is 11.8. The van der Waals surface area contributed by atoms with Crippen LogP contribution in [-0.4, -0.2) is 7.76 Å². The lowest BCUT2D eigenvalue weighted by atomic mass is 10.1. The number of aromatic nitrogens is 2. The average molecular weight is 338 g/mol. The minimum atomic E-state index is -4.32. The van der Waals surface area contributed by atoms with Crippen LogP contribution < -0.4 is 0 Å². The van der Waals surface area contributed by atoms with Crippen LogP contribution >= 0.6 is 22.9 Å². The first-order valence-electron chi connectivity index (χ1n) is 4.35. The Kier molecular flexibility index (Phi) is 2.92. The van der Waals surface area contributed by atoms with Gasteiger partial charge in [-0.15, -0.1) is 0 Å². The van der Waals surface area contributed by atoms with Gasteiger partial charge < -0.3 is 0 Å². The zero-order valence-corrected chi connectivity index (χ0v) is 10.0. The van der Waals surface area contributed by atoms with Gasteiger partial charge in [0, 0.05) is 18.0 Å². The summed E-state index contributed by atoms with van der Waals surface area (Å²) in [4.78, 5) is 4.00. The molecule has 0 saturated heterocycles. The second-order valence-electron chi connectivity index (χ2n) is 3.14. The summed E-state index contributed by atoms with van der Waals surface area (Å²) in [6.45, 7) is 0. The number of benzene rings is 1. The van der Waals surface area contributed by atoms with Crippen LogP contribution in [-0.2, 0) is 6.18 Å². The van der Waals surface area contributed by atoms with Gasteiger partial charge in [0.05, 0.1) is 28.4 Å². The Balaban J connectivity index is 2.49. The third kappa shape index (κ3) is 2.21. The third-order valence-electron chi connectivity index (χ3n) is 2.04. The molecule has 2 nitrogen and oxygen atoms in total. The summed E-state index contributed by atoms with van der Waals surface area (Å²) in [6.07, 6.45) is -1.10. The van der Waals surface area contributed by atoms with E-state index in [-0.39, 0.29) is 0 Å². The van der Waals surface area contributed by atoms with E-state index < -0.39 is 11.7 Å². The zero-order valence-electron chi connectivity index (χ0n) is 7.87. The molecule has 0 atom stereocenters. The summed E-state index contributed by atoms with van der Waals surface area (Å²) < 4.78 is 39.1. The topological polar surface area (TPSA) is 17.8 Å². The van der Waals surface area contributed by atoms with E-state index in [1.54, 1.807) is 21.2 Å². The van der Waals surface area contributed by atoms with Gasteiger partial charge in [-0.3, -0.25) is 2.78 Å². The van der Waals surface area contributed by atoms with E-state index in [1.165, 1.54) is 6.07 Å². The van der Waals surface area contributed by atoms with Crippen molar-refractivity contribution in [2.24, 2.45) is 0 Å². The molecule has 0 aliphatic carbocycles. The van der Waals surface area contributed by atoms with Gasteiger partial charge in [-0.1, -0.05) is 12.1 Å². The van der Waals surface area contributed by atoms with Crippen LogP contribution in [0, 0.1) is 0 Å². The summed E-state index contributed by atoms with van der Waals surface area (Å²) in [5.41, 5.74) is -0.210. The molecular formula is C10H6F3IN2. The lowest BCUT2D eigenvalue weighted by molar-refractivity contribution is -0.137. The van der Waals surface area contributed by atoms with Crippen molar-refractivity contribution in [3.63, 3.8) is 0 Å². The predicted molar refractivity (Wildman–Crippen MR) is 62.1 cm³/mol. The van der Waals surface area contributed by atoms with Crippen molar-refractivity contribution in [1.82, 2.24) is 7.76 Å². The molecule has 0 unspecified atom stereocenters. The first-order valence-corrected chi connectivity index (χ1v) is 5.32. The van der Waals surface area contributed by atoms with Crippen molar-refractivity contribution in [1.29, 1.82) is 0 Å². The molecule has 0 N–H and O–H groups in total. The fourth-order valence-electron chi connectivity index (χ4n) is 1.32. The van der Waals surface area contributed by atoms with E-state index in [0.717, 1.165) is 12.1 Å². The lowest BCUT2D eigenvalue weighted by Gasteiger charge is -2.08. The fraction of sp³-hybridized carbons (Fsp3) is 0.100. The van der Waals surface area contributed by atoms with Crippen molar-refractivity contribution < 1.29 is 13.2 Å². The number of imidazole rings is 1. The van der Waals surface area contributed by atoms with Gasteiger partial charge in [-0.05, 0) is 12.1 Å². The first kappa shape index (κ1) is 11.4. The average Bonchev–Trinajstić information content (AvgIpc) is 2.63. The van der Waals surface area contributed by atoms with Crippen molar-refractivity contribution in [2.45, 2.75) is 6.18 Å². The monoisotopic (exact) mass is 338 g/mol. The molecule has 0 spiro atoms. The SMILES string of the molecule is FC(F)(F)c1cccc(-c2nccn2I)c1. The van der Waals surface area contributed by atoms with Gasteiger partial charge in [-0.25, -0.2) is 4.98 Å². The van der Waals surface area contributed by atoms with Gasteiger partial charge >= 0.3 is 6.18 Å². The Bertz CT molecular complexity index is 505. The number of rotatable bonds is 1. The molecule has 1 heterocycles. The van der Waals surface area contributed by atoms with Crippen molar-refractivity contribution in [2.75, 3.05) is 0 Å². The van der Waals surface area contributed by atoms with Gasteiger partial charge in [0.25, 0.3) is 0 Å². The third-order valence-corrected chi connectivity index (χ3v) is 2.82. The Morgan fingerprint density at radius 2 is 2.00 bits per heavy atom. The molecule has 0 saturated carbocycles. The first-order chi connectivity index (χ1) is 7.48. The van der Waals surface area contributed by atoms with E-state index in [9.17, 15) is 13.2 Å². The summed E-state index contributed by atoms with van der Waals surface area (Å²) in [6, 6.07) is 5.12. The number of hydrogen-bond donors (Lipinski definition) is 0. The van der Waals surface area contributed by atoms with Crippen LogP contribution in [0.1, 0.15) is 5.56 Å². The number of nitrogens with zero attached hydrogens (tertiary/aromatic N) is 2. The molecule has 6 heteroatoms. The van der Waals surface area contributed by atoms with Crippen LogP contribution in [0.15, 0.2) is 36.7 Å². The summed E-state index contributed by atoms with van der Waals surface area (Å²) in [5.74, 6) is 0.506. The molecule has 0 aliphatic rings. The highest BCUT2D eigenvalue weighted by atomic mass is 127. The van der Waals surface area contributed by atoms with Crippen LogP contribution in [0.3, 0.4) is 0 Å². The molecular weight excluding hydrogens is 332 g/mol. The molecule has 0 fully saturated rings. The van der Waals surface area contributed by atoms with Crippen LogP contribution in [0.5, 0.6) is 0 Å². The molecule has 2 rings (SSSR count). The number of hydrogen-bond acceptors (Lipinski definition) is 1. The maximum absolute atomic E-state index is 12.5. The Morgan fingerprint density at radius 3 is 2.56 bits per heavy atom. The van der Waals surface area contributed by atoms with Crippen molar-refractivity contribution in [3.8, 4) is 11.4 Å². The minimum Gasteiger partial charge on any atom is -0.272 e. The van der Waals surface area contributed by atoms with Crippen LogP contribution in [0.4, 0.5) is 13.2 Å². The van der Waals surface area contributed by atoms with E-state index in [2.05, 4.69) is 4.98 Å². The van der Waals surface area contributed by atoms with Gasteiger partial charge in [0.1, 0.15) is 5.82 Å². The number of alkyl halides is 3. The van der Waals surface area contributed by atoms with E-state index >= 15 is 0 Å². The Morgan fingerprint density at radius 1 is 1.25 bits per heavy atom. The van der Waals surface area contributed by atoms with Gasteiger partial charge in [0.2, 0.25) is 0 Å². The largest absolute Gasteiger partial charge is 0.416 e. The predicted octanol–water partition coefficient (Wildman–Crippen LogP) is 3.77. The highest BCUT2D eigenvalue weighted by Crippen LogP contribution is 2.31. The maximum atomic E-state index is 12.5. The van der Waals surface area contributed by atoms with E-state index in [0.29, 0.717) is 11.4 Å². The molecule has 0 aliphatic heterocycles. The second-order valence-corrected chi connectivity index (χ2v) is 4.18. The molecule has 0 bridgehead atoms.